The third-order valence-corrected chi connectivity index (χ3v) is 5.93. The van der Waals surface area contributed by atoms with Gasteiger partial charge < -0.3 is 5.32 Å². The summed E-state index contributed by atoms with van der Waals surface area (Å²) >= 11 is 15.5. The fourth-order valence-electron chi connectivity index (χ4n) is 2.13. The number of fused-ring (bicyclic) bond motifs is 1. The van der Waals surface area contributed by atoms with Crippen molar-refractivity contribution in [3.8, 4) is 0 Å². The van der Waals surface area contributed by atoms with Crippen LogP contribution >= 0.6 is 57.1 Å². The smallest absolute Gasteiger partial charge is 0.287 e. The Morgan fingerprint density at radius 1 is 1.25 bits per heavy atom. The number of rotatable bonds is 3. The zero-order valence-electron chi connectivity index (χ0n) is 11.7. The maximum absolute atomic E-state index is 12.5. The highest BCUT2D eigenvalue weighted by Gasteiger charge is 2.23. The Morgan fingerprint density at radius 2 is 2.00 bits per heavy atom. The van der Waals surface area contributed by atoms with Crippen LogP contribution in [0.15, 0.2) is 36.4 Å². The standard InChI is InChI=1S/C15H7Cl2IN2O3S/c16-9-6-7(18)4-5-10(9)19-15(21)14-12(17)8-2-1-3-11(20(22)23)13(8)24-14/h1-6H,(H,19,21). The summed E-state index contributed by atoms with van der Waals surface area (Å²) < 4.78 is 1.30. The third-order valence-electron chi connectivity index (χ3n) is 3.22. The predicted molar refractivity (Wildman–Crippen MR) is 106 cm³/mol. The number of thiophene rings is 1. The summed E-state index contributed by atoms with van der Waals surface area (Å²) in [6.07, 6.45) is 0. The van der Waals surface area contributed by atoms with Gasteiger partial charge in [0.15, 0.2) is 0 Å². The number of carbonyl (C=O) groups is 1. The normalized spacial score (nSPS) is 10.8. The summed E-state index contributed by atoms with van der Waals surface area (Å²) in [5.74, 6) is -0.460. The zero-order valence-corrected chi connectivity index (χ0v) is 16.2. The van der Waals surface area contributed by atoms with E-state index >= 15 is 0 Å². The number of benzene rings is 2. The van der Waals surface area contributed by atoms with Crippen molar-refractivity contribution in [1.29, 1.82) is 0 Å². The Balaban J connectivity index is 2.03. The van der Waals surface area contributed by atoms with Crippen LogP contribution < -0.4 is 5.32 Å². The highest BCUT2D eigenvalue weighted by molar-refractivity contribution is 14.1. The number of nitrogens with zero attached hydrogens (tertiary/aromatic N) is 1. The molecule has 0 unspecified atom stereocenters. The van der Waals surface area contributed by atoms with E-state index in [1.54, 1.807) is 24.3 Å². The first-order chi connectivity index (χ1) is 11.4. The van der Waals surface area contributed by atoms with E-state index in [1.807, 2.05) is 0 Å². The average molecular weight is 493 g/mol. The molecule has 2 aromatic carbocycles. The van der Waals surface area contributed by atoms with E-state index in [0.717, 1.165) is 14.9 Å². The monoisotopic (exact) mass is 492 g/mol. The van der Waals surface area contributed by atoms with Gasteiger partial charge in [-0.1, -0.05) is 35.3 Å². The van der Waals surface area contributed by atoms with Gasteiger partial charge >= 0.3 is 0 Å². The largest absolute Gasteiger partial charge is 0.320 e. The molecule has 0 aliphatic heterocycles. The molecule has 0 spiro atoms. The number of anilines is 1. The maximum atomic E-state index is 12.5. The molecule has 3 aromatic rings. The lowest BCUT2D eigenvalue weighted by Gasteiger charge is -2.06. The van der Waals surface area contributed by atoms with Crippen LogP contribution in [0.3, 0.4) is 0 Å². The molecule has 1 heterocycles. The number of amides is 1. The van der Waals surface area contributed by atoms with Crippen molar-refractivity contribution in [1.82, 2.24) is 0 Å². The van der Waals surface area contributed by atoms with E-state index in [0.29, 0.717) is 20.8 Å². The van der Waals surface area contributed by atoms with E-state index in [1.165, 1.54) is 12.1 Å². The molecule has 24 heavy (non-hydrogen) atoms. The van der Waals surface area contributed by atoms with Gasteiger partial charge in [0.1, 0.15) is 9.58 Å². The van der Waals surface area contributed by atoms with Gasteiger partial charge in [-0.15, -0.1) is 11.3 Å². The molecule has 0 fully saturated rings. The van der Waals surface area contributed by atoms with Gasteiger partial charge in [0.2, 0.25) is 0 Å². The number of halogens is 3. The van der Waals surface area contributed by atoms with Gasteiger partial charge in [-0.2, -0.15) is 0 Å². The summed E-state index contributed by atoms with van der Waals surface area (Å²) in [5.41, 5.74) is 0.371. The minimum absolute atomic E-state index is 0.0780. The predicted octanol–water partition coefficient (Wildman–Crippen LogP) is 5.97. The second-order valence-electron chi connectivity index (χ2n) is 4.73. The van der Waals surface area contributed by atoms with E-state index < -0.39 is 10.8 Å². The number of non-ortho nitro benzene ring substituents is 1. The first-order valence-corrected chi connectivity index (χ1v) is 9.15. The molecule has 0 saturated heterocycles. The average Bonchev–Trinajstić information content (AvgIpc) is 2.87. The molecule has 3 rings (SSSR count). The van der Waals surface area contributed by atoms with Crippen LogP contribution in [0.1, 0.15) is 9.67 Å². The second-order valence-corrected chi connectivity index (χ2v) is 7.79. The van der Waals surface area contributed by atoms with Gasteiger partial charge in [-0.3, -0.25) is 14.9 Å². The molecule has 0 aliphatic rings. The number of hydrogen-bond acceptors (Lipinski definition) is 4. The van der Waals surface area contributed by atoms with Crippen LogP contribution in [0.5, 0.6) is 0 Å². The Labute approximate surface area is 163 Å². The van der Waals surface area contributed by atoms with Gasteiger partial charge in [-0.25, -0.2) is 0 Å². The zero-order chi connectivity index (χ0) is 17.4. The minimum Gasteiger partial charge on any atom is -0.320 e. The number of carbonyl (C=O) groups excluding carboxylic acids is 1. The van der Waals surface area contributed by atoms with Gasteiger partial charge in [-0.05, 0) is 40.8 Å². The van der Waals surface area contributed by atoms with Crippen LogP contribution in [0, 0.1) is 13.7 Å². The van der Waals surface area contributed by atoms with Crippen molar-refractivity contribution in [3.63, 3.8) is 0 Å². The summed E-state index contributed by atoms with van der Waals surface area (Å²) in [6, 6.07) is 9.78. The van der Waals surface area contributed by atoms with Crippen molar-refractivity contribution in [2.75, 3.05) is 5.32 Å². The molecular weight excluding hydrogens is 486 g/mol. The molecule has 122 valence electrons. The first-order valence-electron chi connectivity index (χ1n) is 6.50. The molecule has 1 aromatic heterocycles. The molecular formula is C15H7Cl2IN2O3S. The van der Waals surface area contributed by atoms with Crippen LogP contribution in [-0.2, 0) is 0 Å². The van der Waals surface area contributed by atoms with Crippen molar-refractivity contribution in [2.45, 2.75) is 0 Å². The summed E-state index contributed by atoms with van der Waals surface area (Å²) in [5, 5.41) is 14.9. The molecule has 9 heteroatoms. The summed E-state index contributed by atoms with van der Waals surface area (Å²) in [6.45, 7) is 0. The Hall–Kier alpha value is -1.42. The summed E-state index contributed by atoms with van der Waals surface area (Å²) in [7, 11) is 0. The molecule has 0 aliphatic carbocycles. The van der Waals surface area contributed by atoms with E-state index in [-0.39, 0.29) is 15.6 Å². The van der Waals surface area contributed by atoms with Crippen LogP contribution in [-0.4, -0.2) is 10.8 Å². The molecule has 0 saturated carbocycles. The fraction of sp³-hybridized carbons (Fsp3) is 0. The van der Waals surface area contributed by atoms with E-state index in [2.05, 4.69) is 27.9 Å². The van der Waals surface area contributed by atoms with Gasteiger partial charge in [0, 0.05) is 15.0 Å². The van der Waals surface area contributed by atoms with Crippen molar-refractivity contribution in [2.24, 2.45) is 0 Å². The summed E-state index contributed by atoms with van der Waals surface area (Å²) in [4.78, 5) is 23.3. The Bertz CT molecular complexity index is 990. The number of nitro groups is 1. The van der Waals surface area contributed by atoms with Crippen molar-refractivity contribution >= 4 is 84.5 Å². The SMILES string of the molecule is O=C(Nc1ccc(I)cc1Cl)c1sc2c([N+](=O)[O-])cccc2c1Cl. The van der Waals surface area contributed by atoms with Crippen molar-refractivity contribution < 1.29 is 9.72 Å². The molecule has 0 radical (unpaired) electrons. The maximum Gasteiger partial charge on any atom is 0.287 e. The van der Waals surface area contributed by atoms with Crippen LogP contribution in [0.25, 0.3) is 10.1 Å². The molecule has 1 amide bonds. The number of hydrogen-bond donors (Lipinski definition) is 1. The second kappa shape index (κ2) is 6.83. The molecule has 1 N–H and O–H groups in total. The topological polar surface area (TPSA) is 72.2 Å². The first kappa shape index (κ1) is 17.4. The fourth-order valence-corrected chi connectivity index (χ4v) is 4.53. The Kier molecular flexibility index (Phi) is 4.95. The van der Waals surface area contributed by atoms with Crippen LogP contribution in [0.2, 0.25) is 10.0 Å². The highest BCUT2D eigenvalue weighted by atomic mass is 127. The van der Waals surface area contributed by atoms with Gasteiger partial charge in [0.25, 0.3) is 11.6 Å². The quantitative estimate of drug-likeness (QED) is 0.278. The Morgan fingerprint density at radius 3 is 2.67 bits per heavy atom. The number of nitro benzene ring substituents is 1. The third kappa shape index (κ3) is 3.21. The number of nitrogens with one attached hydrogen (secondary N) is 1. The van der Waals surface area contributed by atoms with Gasteiger partial charge in [0.05, 0.1) is 20.7 Å². The molecule has 0 bridgehead atoms. The lowest BCUT2D eigenvalue weighted by Crippen LogP contribution is -2.11. The molecule has 5 nitrogen and oxygen atoms in total. The highest BCUT2D eigenvalue weighted by Crippen LogP contribution is 2.40. The lowest BCUT2D eigenvalue weighted by molar-refractivity contribution is -0.382. The van der Waals surface area contributed by atoms with E-state index in [9.17, 15) is 14.9 Å². The minimum atomic E-state index is -0.493. The lowest BCUT2D eigenvalue weighted by atomic mass is 10.2. The molecule has 0 atom stereocenters. The van der Waals surface area contributed by atoms with E-state index in [4.69, 9.17) is 23.2 Å². The van der Waals surface area contributed by atoms with Crippen molar-refractivity contribution in [3.05, 3.63) is 65.0 Å². The van der Waals surface area contributed by atoms with Crippen LogP contribution in [0.4, 0.5) is 11.4 Å².